The average Bonchev–Trinajstić information content (AvgIpc) is 2.15. The van der Waals surface area contributed by atoms with Crippen LogP contribution in [-0.4, -0.2) is 11.9 Å². The summed E-state index contributed by atoms with van der Waals surface area (Å²) in [6.07, 6.45) is 12.3. The van der Waals surface area contributed by atoms with Gasteiger partial charge in [0.25, 0.3) is 0 Å². The molecule has 0 aromatic heterocycles. The van der Waals surface area contributed by atoms with Crippen LogP contribution in [0.15, 0.2) is 36.5 Å². The van der Waals surface area contributed by atoms with E-state index in [0.717, 1.165) is 0 Å². The highest BCUT2D eigenvalue weighted by Crippen LogP contribution is 2.20. The predicted octanol–water partition coefficient (Wildman–Crippen LogP) is 1.42. The standard InChI is InChI=1S/C11H13NO/c1-8-4-2-3-5-10-9(7-6-8)11(13)12-10/h2-10H,1H3,(H,12,13)/b4-2-,5-3-,7-6?/t8-,9-,10-/m0/s1. The maximum Gasteiger partial charge on any atom is 0.229 e. The zero-order chi connectivity index (χ0) is 9.26. The van der Waals surface area contributed by atoms with Crippen molar-refractivity contribution in [2.24, 2.45) is 11.8 Å². The molecule has 0 aromatic rings. The Balaban J connectivity index is 2.19. The second-order valence-corrected chi connectivity index (χ2v) is 3.57. The highest BCUT2D eigenvalue weighted by Gasteiger charge is 2.35. The van der Waals surface area contributed by atoms with Crippen LogP contribution in [0.2, 0.25) is 0 Å². The number of allylic oxidation sites excluding steroid dienone is 4. The number of nitrogens with one attached hydrogen (secondary N) is 1. The molecule has 0 spiro atoms. The van der Waals surface area contributed by atoms with Crippen LogP contribution in [0.3, 0.4) is 0 Å². The van der Waals surface area contributed by atoms with Gasteiger partial charge >= 0.3 is 0 Å². The molecule has 0 bridgehead atoms. The second kappa shape index (κ2) is 3.21. The number of hydrogen-bond donors (Lipinski definition) is 1. The minimum Gasteiger partial charge on any atom is -0.348 e. The quantitative estimate of drug-likeness (QED) is 0.438. The number of carbonyl (C=O) groups is 1. The fourth-order valence-electron chi connectivity index (χ4n) is 1.57. The van der Waals surface area contributed by atoms with Crippen LogP contribution in [0.25, 0.3) is 0 Å². The van der Waals surface area contributed by atoms with Crippen LogP contribution in [0.1, 0.15) is 6.92 Å². The number of amides is 1. The molecule has 3 atom stereocenters. The topological polar surface area (TPSA) is 29.1 Å². The van der Waals surface area contributed by atoms with Crippen LogP contribution in [0.5, 0.6) is 0 Å². The smallest absolute Gasteiger partial charge is 0.229 e. The third kappa shape index (κ3) is 1.57. The van der Waals surface area contributed by atoms with Gasteiger partial charge in [-0.3, -0.25) is 4.79 Å². The molecule has 1 saturated heterocycles. The minimum absolute atomic E-state index is 0.0543. The van der Waals surface area contributed by atoms with Crippen molar-refractivity contribution in [3.8, 4) is 0 Å². The molecule has 2 aliphatic rings. The van der Waals surface area contributed by atoms with Crippen molar-refractivity contribution in [1.82, 2.24) is 5.32 Å². The lowest BCUT2D eigenvalue weighted by Gasteiger charge is -2.32. The monoisotopic (exact) mass is 175 g/mol. The van der Waals surface area contributed by atoms with Crippen molar-refractivity contribution in [2.45, 2.75) is 13.0 Å². The van der Waals surface area contributed by atoms with Crippen molar-refractivity contribution < 1.29 is 4.79 Å². The molecular formula is C11H13NO. The van der Waals surface area contributed by atoms with Gasteiger partial charge in [-0.1, -0.05) is 43.4 Å². The summed E-state index contributed by atoms with van der Waals surface area (Å²) in [4.78, 5) is 11.1. The fraction of sp³-hybridized carbons (Fsp3) is 0.364. The number of β-lactam (4-membered cyclic amide) rings is 1. The molecule has 1 aliphatic carbocycles. The van der Waals surface area contributed by atoms with Crippen molar-refractivity contribution in [3.05, 3.63) is 36.5 Å². The number of carbonyl (C=O) groups excluding carboxylic acids is 1. The van der Waals surface area contributed by atoms with E-state index in [1.807, 2.05) is 24.3 Å². The zero-order valence-electron chi connectivity index (χ0n) is 7.60. The van der Waals surface area contributed by atoms with Gasteiger partial charge in [-0.15, -0.1) is 0 Å². The van der Waals surface area contributed by atoms with E-state index in [1.54, 1.807) is 0 Å². The lowest BCUT2D eigenvalue weighted by molar-refractivity contribution is -0.131. The first-order valence-electron chi connectivity index (χ1n) is 4.61. The molecule has 1 heterocycles. The Bertz CT molecular complexity index is 301. The first-order valence-corrected chi connectivity index (χ1v) is 4.61. The van der Waals surface area contributed by atoms with E-state index in [-0.39, 0.29) is 17.9 Å². The average molecular weight is 175 g/mol. The van der Waals surface area contributed by atoms with Gasteiger partial charge in [0, 0.05) is 0 Å². The van der Waals surface area contributed by atoms with E-state index in [0.29, 0.717) is 5.92 Å². The summed E-state index contributed by atoms with van der Waals surface area (Å²) in [6.45, 7) is 2.11. The van der Waals surface area contributed by atoms with E-state index in [9.17, 15) is 4.79 Å². The molecule has 0 saturated carbocycles. The van der Waals surface area contributed by atoms with Gasteiger partial charge in [0.15, 0.2) is 0 Å². The Morgan fingerprint density at radius 1 is 1.15 bits per heavy atom. The highest BCUT2D eigenvalue weighted by molar-refractivity contribution is 5.88. The van der Waals surface area contributed by atoms with Crippen molar-refractivity contribution in [1.29, 1.82) is 0 Å². The van der Waals surface area contributed by atoms with E-state index in [2.05, 4.69) is 24.4 Å². The number of hydrogen-bond acceptors (Lipinski definition) is 1. The molecule has 2 heteroatoms. The number of rotatable bonds is 0. The van der Waals surface area contributed by atoms with Crippen LogP contribution < -0.4 is 5.32 Å². The molecule has 1 amide bonds. The first kappa shape index (κ1) is 8.30. The zero-order valence-corrected chi connectivity index (χ0v) is 7.60. The molecular weight excluding hydrogens is 162 g/mol. The van der Waals surface area contributed by atoms with Gasteiger partial charge in [-0.2, -0.15) is 0 Å². The molecule has 2 rings (SSSR count). The van der Waals surface area contributed by atoms with Gasteiger partial charge in [-0.05, 0) is 5.92 Å². The number of fused-ring (bicyclic) bond motifs is 1. The summed E-state index contributed by atoms with van der Waals surface area (Å²) in [5, 5.41) is 2.84. The lowest BCUT2D eigenvalue weighted by atomic mass is 9.89. The highest BCUT2D eigenvalue weighted by atomic mass is 16.2. The van der Waals surface area contributed by atoms with Gasteiger partial charge in [0.2, 0.25) is 5.91 Å². The summed E-state index contributed by atoms with van der Waals surface area (Å²) < 4.78 is 0. The Kier molecular flexibility index (Phi) is 2.05. The Labute approximate surface area is 78.0 Å². The van der Waals surface area contributed by atoms with E-state index in [1.165, 1.54) is 0 Å². The van der Waals surface area contributed by atoms with E-state index >= 15 is 0 Å². The summed E-state index contributed by atoms with van der Waals surface area (Å²) >= 11 is 0. The second-order valence-electron chi connectivity index (χ2n) is 3.57. The van der Waals surface area contributed by atoms with Gasteiger partial charge in [0.05, 0.1) is 12.0 Å². The molecule has 13 heavy (non-hydrogen) atoms. The Morgan fingerprint density at radius 2 is 1.92 bits per heavy atom. The van der Waals surface area contributed by atoms with Crippen molar-refractivity contribution in [3.63, 3.8) is 0 Å². The molecule has 0 unspecified atom stereocenters. The largest absolute Gasteiger partial charge is 0.348 e. The van der Waals surface area contributed by atoms with E-state index in [4.69, 9.17) is 0 Å². The molecule has 0 aromatic carbocycles. The summed E-state index contributed by atoms with van der Waals surface area (Å²) in [5.41, 5.74) is 0. The summed E-state index contributed by atoms with van der Waals surface area (Å²) in [6, 6.07) is 0.207. The summed E-state index contributed by atoms with van der Waals surface area (Å²) in [5.74, 6) is 0.607. The first-order chi connectivity index (χ1) is 6.27. The maximum absolute atomic E-state index is 11.1. The molecule has 1 fully saturated rings. The van der Waals surface area contributed by atoms with Gasteiger partial charge < -0.3 is 5.32 Å². The third-order valence-corrected chi connectivity index (χ3v) is 2.46. The Hall–Kier alpha value is -1.31. The Morgan fingerprint density at radius 3 is 2.69 bits per heavy atom. The van der Waals surface area contributed by atoms with E-state index < -0.39 is 0 Å². The van der Waals surface area contributed by atoms with Gasteiger partial charge in [0.1, 0.15) is 0 Å². The summed E-state index contributed by atoms with van der Waals surface area (Å²) in [7, 11) is 0. The molecule has 68 valence electrons. The third-order valence-electron chi connectivity index (χ3n) is 2.46. The lowest BCUT2D eigenvalue weighted by Crippen LogP contribution is -2.56. The van der Waals surface area contributed by atoms with Crippen LogP contribution in [-0.2, 0) is 4.79 Å². The predicted molar refractivity (Wildman–Crippen MR) is 52.0 cm³/mol. The van der Waals surface area contributed by atoms with Gasteiger partial charge in [-0.25, -0.2) is 0 Å². The van der Waals surface area contributed by atoms with Crippen molar-refractivity contribution >= 4 is 5.91 Å². The van der Waals surface area contributed by atoms with Crippen LogP contribution in [0, 0.1) is 11.8 Å². The molecule has 2 nitrogen and oxygen atoms in total. The fourth-order valence-corrected chi connectivity index (χ4v) is 1.57. The minimum atomic E-state index is 0.0543. The molecule has 1 N–H and O–H groups in total. The van der Waals surface area contributed by atoms with Crippen molar-refractivity contribution in [2.75, 3.05) is 0 Å². The normalized spacial score (nSPS) is 41.6. The van der Waals surface area contributed by atoms with Crippen LogP contribution in [0.4, 0.5) is 0 Å². The maximum atomic E-state index is 11.1. The SMILES string of the molecule is C[C@@H]1C=C[C@@H]2C(=O)N[C@H]2/C=C\C=C/1. The molecule has 1 aliphatic heterocycles. The van der Waals surface area contributed by atoms with Crippen LogP contribution >= 0.6 is 0 Å². The molecule has 0 radical (unpaired) electrons.